The van der Waals surface area contributed by atoms with Crippen molar-refractivity contribution >= 4 is 16.8 Å². The van der Waals surface area contributed by atoms with Crippen LogP contribution in [0.25, 0.3) is 10.9 Å². The van der Waals surface area contributed by atoms with Crippen LogP contribution >= 0.6 is 0 Å². The molecule has 1 heterocycles. The van der Waals surface area contributed by atoms with Crippen LogP contribution in [0.3, 0.4) is 0 Å². The Labute approximate surface area is 145 Å². The molecule has 0 aliphatic heterocycles. The summed E-state index contributed by atoms with van der Waals surface area (Å²) in [5.41, 5.74) is 2.84. The molecule has 0 atom stereocenters. The van der Waals surface area contributed by atoms with Crippen molar-refractivity contribution in [2.75, 3.05) is 13.7 Å². The first-order chi connectivity index (χ1) is 12.1. The molecule has 3 rings (SSSR count). The molecular weight excluding hydrogens is 316 g/mol. The van der Waals surface area contributed by atoms with Crippen molar-refractivity contribution in [3.8, 4) is 5.75 Å². The number of carbonyl (C=O) groups is 1. The van der Waals surface area contributed by atoms with Gasteiger partial charge in [0, 0.05) is 28.6 Å². The van der Waals surface area contributed by atoms with Gasteiger partial charge in [-0.05, 0) is 49.2 Å². The zero-order valence-electron chi connectivity index (χ0n) is 14.3. The van der Waals surface area contributed by atoms with Gasteiger partial charge in [-0.2, -0.15) is 0 Å². The number of aryl methyl sites for hydroxylation is 1. The molecule has 2 aromatic carbocycles. The molecule has 128 valence electrons. The maximum absolute atomic E-state index is 12.2. The molecule has 25 heavy (non-hydrogen) atoms. The second-order valence-corrected chi connectivity index (χ2v) is 5.90. The predicted octanol–water partition coefficient (Wildman–Crippen LogP) is 2.82. The average Bonchev–Trinajstić information content (AvgIpc) is 2.62. The summed E-state index contributed by atoms with van der Waals surface area (Å²) in [4.78, 5) is 27.3. The van der Waals surface area contributed by atoms with E-state index in [9.17, 15) is 9.59 Å². The van der Waals surface area contributed by atoms with Crippen LogP contribution in [0.5, 0.6) is 5.75 Å². The third-order valence-corrected chi connectivity index (χ3v) is 4.20. The summed E-state index contributed by atoms with van der Waals surface area (Å²) in [5, 5.41) is 3.77. The molecule has 0 fully saturated rings. The fraction of sp³-hybridized carbons (Fsp3) is 0.200. The molecule has 1 aromatic heterocycles. The summed E-state index contributed by atoms with van der Waals surface area (Å²) in [6.07, 6.45) is 0.458. The molecular formula is C20H20N2O3. The number of hydrogen-bond donors (Lipinski definition) is 2. The lowest BCUT2D eigenvalue weighted by atomic mass is 10.1. The van der Waals surface area contributed by atoms with E-state index >= 15 is 0 Å². The third-order valence-electron chi connectivity index (χ3n) is 4.20. The Bertz CT molecular complexity index is 976. The van der Waals surface area contributed by atoms with Crippen LogP contribution in [0.1, 0.15) is 21.5 Å². The average molecular weight is 336 g/mol. The van der Waals surface area contributed by atoms with Gasteiger partial charge in [-0.1, -0.05) is 18.2 Å². The summed E-state index contributed by atoms with van der Waals surface area (Å²) in [5.74, 6) is 0.607. The zero-order valence-corrected chi connectivity index (χ0v) is 14.3. The van der Waals surface area contributed by atoms with E-state index in [1.807, 2.05) is 43.3 Å². The number of H-pyrrole nitrogens is 1. The summed E-state index contributed by atoms with van der Waals surface area (Å²) >= 11 is 0. The number of ether oxygens (including phenoxy) is 1. The van der Waals surface area contributed by atoms with E-state index in [4.69, 9.17) is 4.74 Å². The number of fused-ring (bicyclic) bond motifs is 1. The standard InChI is InChI=1S/C20H20N2O3/c1-13-5-3-4-6-17(13)20(24)21-10-9-14-11-15-12-16(25-2)7-8-18(15)22-19(14)23/h3-8,11-12H,9-10H2,1-2H3,(H,21,24)(H,22,23). The fourth-order valence-corrected chi connectivity index (χ4v) is 2.78. The van der Waals surface area contributed by atoms with Crippen molar-refractivity contribution in [1.29, 1.82) is 0 Å². The smallest absolute Gasteiger partial charge is 0.251 e. The number of nitrogens with one attached hydrogen (secondary N) is 2. The molecule has 1 amide bonds. The van der Waals surface area contributed by atoms with Crippen molar-refractivity contribution in [1.82, 2.24) is 10.3 Å². The maximum Gasteiger partial charge on any atom is 0.251 e. The van der Waals surface area contributed by atoms with Gasteiger partial charge in [-0.15, -0.1) is 0 Å². The van der Waals surface area contributed by atoms with Gasteiger partial charge in [0.05, 0.1) is 7.11 Å². The van der Waals surface area contributed by atoms with Gasteiger partial charge < -0.3 is 15.0 Å². The first-order valence-corrected chi connectivity index (χ1v) is 8.12. The second-order valence-electron chi connectivity index (χ2n) is 5.90. The number of benzene rings is 2. The number of methoxy groups -OCH3 is 1. The Morgan fingerprint density at radius 1 is 1.16 bits per heavy atom. The van der Waals surface area contributed by atoms with E-state index in [0.717, 1.165) is 22.2 Å². The lowest BCUT2D eigenvalue weighted by Crippen LogP contribution is -2.28. The monoisotopic (exact) mass is 336 g/mol. The molecule has 0 bridgehead atoms. The van der Waals surface area contributed by atoms with Crippen molar-refractivity contribution in [3.05, 3.63) is 75.6 Å². The van der Waals surface area contributed by atoms with Crippen LogP contribution in [-0.2, 0) is 6.42 Å². The summed E-state index contributed by atoms with van der Waals surface area (Å²) < 4.78 is 5.22. The Morgan fingerprint density at radius 3 is 2.72 bits per heavy atom. The van der Waals surface area contributed by atoms with E-state index in [1.165, 1.54) is 0 Å². The SMILES string of the molecule is COc1ccc2[nH]c(=O)c(CCNC(=O)c3ccccc3C)cc2c1. The minimum atomic E-state index is -0.136. The quantitative estimate of drug-likeness (QED) is 0.752. The number of amides is 1. The van der Waals surface area contributed by atoms with Crippen molar-refractivity contribution in [2.24, 2.45) is 0 Å². The molecule has 0 unspecified atom stereocenters. The van der Waals surface area contributed by atoms with Gasteiger partial charge in [-0.3, -0.25) is 9.59 Å². The predicted molar refractivity (Wildman–Crippen MR) is 98.3 cm³/mol. The lowest BCUT2D eigenvalue weighted by Gasteiger charge is -2.08. The number of carbonyl (C=O) groups excluding carboxylic acids is 1. The molecule has 0 aliphatic rings. The van der Waals surface area contributed by atoms with Crippen LogP contribution in [0.2, 0.25) is 0 Å². The van der Waals surface area contributed by atoms with E-state index in [0.29, 0.717) is 24.1 Å². The van der Waals surface area contributed by atoms with Crippen LogP contribution in [0, 0.1) is 6.92 Å². The molecule has 0 saturated carbocycles. The highest BCUT2D eigenvalue weighted by Crippen LogP contribution is 2.18. The highest BCUT2D eigenvalue weighted by molar-refractivity contribution is 5.95. The number of hydrogen-bond acceptors (Lipinski definition) is 3. The highest BCUT2D eigenvalue weighted by atomic mass is 16.5. The zero-order chi connectivity index (χ0) is 17.8. The van der Waals surface area contributed by atoms with E-state index in [1.54, 1.807) is 19.2 Å². The van der Waals surface area contributed by atoms with Crippen LogP contribution in [-0.4, -0.2) is 24.5 Å². The van der Waals surface area contributed by atoms with Crippen LogP contribution < -0.4 is 15.6 Å². The Kier molecular flexibility index (Phi) is 4.84. The molecule has 2 N–H and O–H groups in total. The molecule has 5 nitrogen and oxygen atoms in total. The van der Waals surface area contributed by atoms with Gasteiger partial charge in [0.25, 0.3) is 11.5 Å². The number of rotatable bonds is 5. The van der Waals surface area contributed by atoms with Gasteiger partial charge in [0.15, 0.2) is 0 Å². The number of aromatic nitrogens is 1. The Balaban J connectivity index is 1.72. The summed E-state index contributed by atoms with van der Waals surface area (Å²) in [6, 6.07) is 14.8. The minimum Gasteiger partial charge on any atom is -0.497 e. The molecule has 3 aromatic rings. The molecule has 0 spiro atoms. The topological polar surface area (TPSA) is 71.2 Å². The number of aromatic amines is 1. The molecule has 5 heteroatoms. The fourth-order valence-electron chi connectivity index (χ4n) is 2.78. The summed E-state index contributed by atoms with van der Waals surface area (Å²) in [6.45, 7) is 2.29. The number of pyridine rings is 1. The largest absolute Gasteiger partial charge is 0.497 e. The van der Waals surface area contributed by atoms with Crippen molar-refractivity contribution in [3.63, 3.8) is 0 Å². The van der Waals surface area contributed by atoms with E-state index in [-0.39, 0.29) is 11.5 Å². The van der Waals surface area contributed by atoms with Gasteiger partial charge in [0.2, 0.25) is 0 Å². The summed E-state index contributed by atoms with van der Waals surface area (Å²) in [7, 11) is 1.61. The van der Waals surface area contributed by atoms with Crippen molar-refractivity contribution in [2.45, 2.75) is 13.3 Å². The van der Waals surface area contributed by atoms with Crippen LogP contribution in [0.4, 0.5) is 0 Å². The third kappa shape index (κ3) is 3.71. The molecule has 0 aliphatic carbocycles. The normalized spacial score (nSPS) is 10.6. The van der Waals surface area contributed by atoms with Crippen LogP contribution in [0.15, 0.2) is 53.3 Å². The maximum atomic E-state index is 12.2. The first kappa shape index (κ1) is 16.8. The van der Waals surface area contributed by atoms with Gasteiger partial charge >= 0.3 is 0 Å². The van der Waals surface area contributed by atoms with Crippen molar-refractivity contribution < 1.29 is 9.53 Å². The van der Waals surface area contributed by atoms with E-state index in [2.05, 4.69) is 10.3 Å². The molecule has 0 saturated heterocycles. The van der Waals surface area contributed by atoms with E-state index < -0.39 is 0 Å². The lowest BCUT2D eigenvalue weighted by molar-refractivity contribution is 0.0953. The Morgan fingerprint density at radius 2 is 1.96 bits per heavy atom. The van der Waals surface area contributed by atoms with Gasteiger partial charge in [0.1, 0.15) is 5.75 Å². The molecule has 0 radical (unpaired) electrons. The first-order valence-electron chi connectivity index (χ1n) is 8.12. The second kappa shape index (κ2) is 7.21. The Hall–Kier alpha value is -3.08. The minimum absolute atomic E-state index is 0.128. The highest BCUT2D eigenvalue weighted by Gasteiger charge is 2.09. The van der Waals surface area contributed by atoms with Gasteiger partial charge in [-0.25, -0.2) is 0 Å².